The standard InChI is InChI=1S/C24H23F3N6O/c1-13-4-3-7-28-21(13)22-16(6-5-14(2)31-22)23(34)33-12-15-8-17(18(33)9-15)32-20-11-29-19(10-30-20)24(25,26)27/h3-7,10-11,15,17-18H,8-9,12H2,1-2H3,(H,30,32)/t15-,17-,18+/m1/s1. The van der Waals surface area contributed by atoms with Gasteiger partial charge in [0, 0.05) is 24.5 Å². The predicted molar refractivity (Wildman–Crippen MR) is 119 cm³/mol. The Kier molecular flexibility index (Phi) is 5.45. The fourth-order valence-electron chi connectivity index (χ4n) is 4.95. The number of carbonyl (C=O) groups is 1. The number of likely N-dealkylation sites (tertiary alicyclic amines) is 1. The Morgan fingerprint density at radius 1 is 1.06 bits per heavy atom. The molecule has 5 rings (SSSR count). The minimum Gasteiger partial charge on any atom is -0.364 e. The number of hydrogen-bond donors (Lipinski definition) is 1. The van der Waals surface area contributed by atoms with Crippen LogP contribution in [0.25, 0.3) is 11.4 Å². The quantitative estimate of drug-likeness (QED) is 0.615. The number of aryl methyl sites for hydroxylation is 2. The van der Waals surface area contributed by atoms with Gasteiger partial charge in [0.15, 0.2) is 5.69 Å². The van der Waals surface area contributed by atoms with E-state index in [1.54, 1.807) is 12.3 Å². The van der Waals surface area contributed by atoms with Crippen molar-refractivity contribution in [1.82, 2.24) is 24.8 Å². The highest BCUT2D eigenvalue weighted by atomic mass is 19.4. The molecule has 2 aliphatic rings. The van der Waals surface area contributed by atoms with Crippen LogP contribution >= 0.6 is 0 Å². The molecule has 0 radical (unpaired) electrons. The van der Waals surface area contributed by atoms with Crippen molar-refractivity contribution in [1.29, 1.82) is 0 Å². The van der Waals surface area contributed by atoms with Gasteiger partial charge in [0.25, 0.3) is 5.91 Å². The molecule has 34 heavy (non-hydrogen) atoms. The molecule has 0 aromatic carbocycles. The number of anilines is 1. The van der Waals surface area contributed by atoms with Crippen LogP contribution < -0.4 is 5.32 Å². The van der Waals surface area contributed by atoms with Crippen LogP contribution in [0.15, 0.2) is 42.9 Å². The SMILES string of the molecule is Cc1ccc(C(=O)N2C[C@@H]3C[C@@H](Nc4cnc(C(F)(F)F)cn4)[C@@H]2C3)c(-c2ncccc2C)n1. The van der Waals surface area contributed by atoms with Crippen molar-refractivity contribution in [2.45, 2.75) is 44.9 Å². The summed E-state index contributed by atoms with van der Waals surface area (Å²) in [7, 11) is 0. The first-order chi connectivity index (χ1) is 16.2. The molecule has 2 bridgehead atoms. The van der Waals surface area contributed by atoms with Crippen LogP contribution in [0.5, 0.6) is 0 Å². The molecule has 3 aromatic rings. The first-order valence-corrected chi connectivity index (χ1v) is 11.1. The number of pyridine rings is 2. The normalized spacial score (nSPS) is 21.7. The number of carbonyl (C=O) groups excluding carboxylic acids is 1. The van der Waals surface area contributed by atoms with Gasteiger partial charge in [-0.25, -0.2) is 9.97 Å². The lowest BCUT2D eigenvalue weighted by atomic mass is 10.0. The zero-order chi connectivity index (χ0) is 24.0. The second-order valence-electron chi connectivity index (χ2n) is 8.92. The van der Waals surface area contributed by atoms with Crippen molar-refractivity contribution in [2.75, 3.05) is 11.9 Å². The van der Waals surface area contributed by atoms with Crippen LogP contribution in [0, 0.1) is 19.8 Å². The van der Waals surface area contributed by atoms with Crippen molar-refractivity contribution in [3.05, 3.63) is 65.4 Å². The van der Waals surface area contributed by atoms with Gasteiger partial charge in [-0.2, -0.15) is 13.2 Å². The summed E-state index contributed by atoms with van der Waals surface area (Å²) in [4.78, 5) is 32.0. The van der Waals surface area contributed by atoms with Crippen molar-refractivity contribution < 1.29 is 18.0 Å². The van der Waals surface area contributed by atoms with E-state index in [-0.39, 0.29) is 23.8 Å². The molecule has 176 valence electrons. The Hall–Kier alpha value is -3.56. The van der Waals surface area contributed by atoms with Crippen LogP contribution in [-0.2, 0) is 6.18 Å². The molecule has 1 aliphatic heterocycles. The molecule has 0 unspecified atom stereocenters. The zero-order valence-electron chi connectivity index (χ0n) is 18.7. The summed E-state index contributed by atoms with van der Waals surface area (Å²) in [5.74, 6) is 0.456. The highest BCUT2D eigenvalue weighted by Gasteiger charge is 2.47. The average Bonchev–Trinajstić information content (AvgIpc) is 3.39. The molecule has 1 N–H and O–H groups in total. The minimum absolute atomic E-state index is 0.0967. The summed E-state index contributed by atoms with van der Waals surface area (Å²) in [6, 6.07) is 7.17. The second-order valence-corrected chi connectivity index (χ2v) is 8.92. The minimum atomic E-state index is -4.53. The van der Waals surface area contributed by atoms with Crippen molar-refractivity contribution in [2.24, 2.45) is 5.92 Å². The van der Waals surface area contributed by atoms with Crippen LogP contribution in [0.1, 0.15) is 40.2 Å². The lowest BCUT2D eigenvalue weighted by Gasteiger charge is -2.34. The Bertz CT molecular complexity index is 1230. The van der Waals surface area contributed by atoms with Gasteiger partial charge in [-0.15, -0.1) is 0 Å². The maximum absolute atomic E-state index is 13.7. The molecule has 1 amide bonds. The molecule has 3 aromatic heterocycles. The van der Waals surface area contributed by atoms with E-state index in [1.165, 1.54) is 0 Å². The Morgan fingerprint density at radius 2 is 1.88 bits per heavy atom. The van der Waals surface area contributed by atoms with Gasteiger partial charge < -0.3 is 10.2 Å². The molecule has 0 spiro atoms. The third-order valence-corrected chi connectivity index (χ3v) is 6.52. The van der Waals surface area contributed by atoms with Crippen LogP contribution in [0.4, 0.5) is 19.0 Å². The predicted octanol–water partition coefficient (Wildman–Crippen LogP) is 4.28. The maximum Gasteiger partial charge on any atom is 0.434 e. The van der Waals surface area contributed by atoms with Crippen LogP contribution in [0.2, 0.25) is 0 Å². The highest BCUT2D eigenvalue weighted by molar-refractivity contribution is 6.00. The molecular formula is C24H23F3N6O. The number of nitrogens with zero attached hydrogens (tertiary/aromatic N) is 5. The van der Waals surface area contributed by atoms with E-state index in [2.05, 4.69) is 25.3 Å². The first-order valence-electron chi connectivity index (χ1n) is 11.1. The molecular weight excluding hydrogens is 445 g/mol. The van der Waals surface area contributed by atoms with E-state index in [0.29, 0.717) is 29.4 Å². The van der Waals surface area contributed by atoms with E-state index in [4.69, 9.17) is 0 Å². The first kappa shape index (κ1) is 22.2. The van der Waals surface area contributed by atoms with Crippen LogP contribution in [0.3, 0.4) is 0 Å². The van der Waals surface area contributed by atoms with Gasteiger partial charge in [-0.3, -0.25) is 14.8 Å². The summed E-state index contributed by atoms with van der Waals surface area (Å²) >= 11 is 0. The van der Waals surface area contributed by atoms with Gasteiger partial charge in [-0.1, -0.05) is 6.07 Å². The van der Waals surface area contributed by atoms with E-state index in [9.17, 15) is 18.0 Å². The molecule has 1 saturated heterocycles. The van der Waals surface area contributed by atoms with Crippen LogP contribution in [-0.4, -0.2) is 49.4 Å². The van der Waals surface area contributed by atoms with E-state index < -0.39 is 11.9 Å². The lowest BCUT2D eigenvalue weighted by Crippen LogP contribution is -2.48. The summed E-state index contributed by atoms with van der Waals surface area (Å²) in [6.07, 6.45) is 0.603. The summed E-state index contributed by atoms with van der Waals surface area (Å²) < 4.78 is 38.3. The van der Waals surface area contributed by atoms with Crippen molar-refractivity contribution >= 4 is 11.7 Å². The molecule has 7 nitrogen and oxygen atoms in total. The lowest BCUT2D eigenvalue weighted by molar-refractivity contribution is -0.141. The number of nitrogens with one attached hydrogen (secondary N) is 1. The molecule has 4 heterocycles. The van der Waals surface area contributed by atoms with E-state index in [0.717, 1.165) is 36.5 Å². The largest absolute Gasteiger partial charge is 0.434 e. The topological polar surface area (TPSA) is 83.9 Å². The number of halogens is 3. The number of amides is 1. The smallest absolute Gasteiger partial charge is 0.364 e. The van der Waals surface area contributed by atoms with E-state index in [1.807, 2.05) is 36.9 Å². The maximum atomic E-state index is 13.7. The molecule has 1 saturated carbocycles. The van der Waals surface area contributed by atoms with Gasteiger partial charge in [-0.05, 0) is 56.4 Å². The number of rotatable bonds is 4. The Morgan fingerprint density at radius 3 is 2.56 bits per heavy atom. The average molecular weight is 468 g/mol. The van der Waals surface area contributed by atoms with Crippen molar-refractivity contribution in [3.63, 3.8) is 0 Å². The molecule has 1 aliphatic carbocycles. The zero-order valence-corrected chi connectivity index (χ0v) is 18.7. The monoisotopic (exact) mass is 468 g/mol. The third-order valence-electron chi connectivity index (χ3n) is 6.52. The Balaban J connectivity index is 1.39. The number of alkyl halides is 3. The number of hydrogen-bond acceptors (Lipinski definition) is 6. The summed E-state index contributed by atoms with van der Waals surface area (Å²) in [5.41, 5.74) is 2.41. The van der Waals surface area contributed by atoms with E-state index >= 15 is 0 Å². The number of piperidine rings is 1. The van der Waals surface area contributed by atoms with Gasteiger partial charge in [0.2, 0.25) is 0 Å². The fraction of sp³-hybridized carbons (Fsp3) is 0.375. The van der Waals surface area contributed by atoms with Gasteiger partial charge in [0.05, 0.1) is 29.7 Å². The third kappa shape index (κ3) is 4.08. The van der Waals surface area contributed by atoms with Crippen molar-refractivity contribution in [3.8, 4) is 11.4 Å². The molecule has 2 fully saturated rings. The van der Waals surface area contributed by atoms with Gasteiger partial charge >= 0.3 is 6.18 Å². The number of fused-ring (bicyclic) bond motifs is 2. The molecule has 10 heteroatoms. The second kappa shape index (κ2) is 8.34. The molecule has 3 atom stereocenters. The van der Waals surface area contributed by atoms with Gasteiger partial charge in [0.1, 0.15) is 11.5 Å². The summed E-state index contributed by atoms with van der Waals surface area (Å²) in [5, 5.41) is 3.19. The highest BCUT2D eigenvalue weighted by Crippen LogP contribution is 2.40. The number of aromatic nitrogens is 4. The fourth-order valence-corrected chi connectivity index (χ4v) is 4.95. The Labute approximate surface area is 194 Å². The summed E-state index contributed by atoms with van der Waals surface area (Å²) in [6.45, 7) is 4.44.